The zero-order chi connectivity index (χ0) is 18.8. The van der Waals surface area contributed by atoms with Crippen LogP contribution in [-0.4, -0.2) is 24.3 Å². The molecule has 1 aromatic heterocycles. The quantitative estimate of drug-likeness (QED) is 0.348. The molecule has 134 valence electrons. The SMILES string of the molecule is COc1cc(/C=N\NC(=O)c2cc3cc(Br)cc(Br)c3o2)cc(Br)c1O. The van der Waals surface area contributed by atoms with Gasteiger partial charge in [-0.05, 0) is 67.8 Å². The third-order valence-corrected chi connectivity index (χ3v) is 5.06. The summed E-state index contributed by atoms with van der Waals surface area (Å²) in [4.78, 5) is 12.2. The third kappa shape index (κ3) is 3.94. The molecule has 0 spiro atoms. The maximum Gasteiger partial charge on any atom is 0.307 e. The van der Waals surface area contributed by atoms with Crippen molar-refractivity contribution in [2.75, 3.05) is 7.11 Å². The number of fused-ring (bicyclic) bond motifs is 1. The van der Waals surface area contributed by atoms with Crippen LogP contribution in [0.3, 0.4) is 0 Å². The number of rotatable bonds is 4. The van der Waals surface area contributed by atoms with Gasteiger partial charge in [0.1, 0.15) is 5.58 Å². The first-order chi connectivity index (χ1) is 12.4. The molecule has 2 aromatic carbocycles. The number of carbonyl (C=O) groups excluding carboxylic acids is 1. The van der Waals surface area contributed by atoms with Crippen LogP contribution in [0.2, 0.25) is 0 Å². The fraction of sp³-hybridized carbons (Fsp3) is 0.0588. The summed E-state index contributed by atoms with van der Waals surface area (Å²) in [5.74, 6) is -0.0572. The average Bonchev–Trinajstić information content (AvgIpc) is 3.02. The Morgan fingerprint density at radius 2 is 1.96 bits per heavy atom. The second-order valence-corrected chi connectivity index (χ2v) is 7.79. The number of hydrogen-bond donors (Lipinski definition) is 2. The molecule has 9 heteroatoms. The molecule has 0 atom stereocenters. The molecule has 3 aromatic rings. The molecular formula is C17H11Br3N2O4. The number of hydrazone groups is 1. The number of benzene rings is 2. The molecule has 0 aliphatic carbocycles. The number of carbonyl (C=O) groups is 1. The van der Waals surface area contributed by atoms with Gasteiger partial charge in [-0.3, -0.25) is 4.79 Å². The fourth-order valence-electron chi connectivity index (χ4n) is 2.23. The molecule has 0 aliphatic rings. The van der Waals surface area contributed by atoms with Crippen LogP contribution in [-0.2, 0) is 0 Å². The molecule has 6 nitrogen and oxygen atoms in total. The van der Waals surface area contributed by atoms with Gasteiger partial charge >= 0.3 is 5.91 Å². The van der Waals surface area contributed by atoms with E-state index in [2.05, 4.69) is 58.3 Å². The van der Waals surface area contributed by atoms with Crippen molar-refractivity contribution in [3.63, 3.8) is 0 Å². The average molecular weight is 547 g/mol. The summed E-state index contributed by atoms with van der Waals surface area (Å²) in [6, 6.07) is 8.55. The van der Waals surface area contributed by atoms with Crippen LogP contribution in [0.15, 0.2) is 53.3 Å². The lowest BCUT2D eigenvalue weighted by Crippen LogP contribution is -2.16. The minimum absolute atomic E-state index is 0.00676. The van der Waals surface area contributed by atoms with E-state index in [0.29, 0.717) is 21.4 Å². The van der Waals surface area contributed by atoms with Crippen LogP contribution < -0.4 is 10.2 Å². The number of halogens is 3. The number of hydrogen-bond acceptors (Lipinski definition) is 5. The zero-order valence-electron chi connectivity index (χ0n) is 13.2. The summed E-state index contributed by atoms with van der Waals surface area (Å²) < 4.78 is 12.7. The number of methoxy groups -OCH3 is 1. The first kappa shape index (κ1) is 18.9. The molecule has 0 saturated heterocycles. The monoisotopic (exact) mass is 544 g/mol. The minimum atomic E-state index is -0.481. The Morgan fingerprint density at radius 1 is 1.19 bits per heavy atom. The maximum atomic E-state index is 12.2. The van der Waals surface area contributed by atoms with Crippen molar-refractivity contribution in [1.29, 1.82) is 0 Å². The van der Waals surface area contributed by atoms with Crippen molar-refractivity contribution < 1.29 is 19.1 Å². The number of phenols is 1. The van der Waals surface area contributed by atoms with Gasteiger partial charge < -0.3 is 14.3 Å². The van der Waals surface area contributed by atoms with Crippen molar-refractivity contribution >= 4 is 70.9 Å². The van der Waals surface area contributed by atoms with E-state index in [9.17, 15) is 9.90 Å². The van der Waals surface area contributed by atoms with Crippen LogP contribution in [0.1, 0.15) is 16.1 Å². The van der Waals surface area contributed by atoms with Crippen molar-refractivity contribution in [2.24, 2.45) is 5.10 Å². The van der Waals surface area contributed by atoms with Crippen LogP contribution in [0.4, 0.5) is 0 Å². The van der Waals surface area contributed by atoms with E-state index in [1.54, 1.807) is 18.2 Å². The first-order valence-corrected chi connectivity index (χ1v) is 9.55. The first-order valence-electron chi connectivity index (χ1n) is 7.17. The Balaban J connectivity index is 1.78. The van der Waals surface area contributed by atoms with E-state index in [0.717, 1.165) is 14.3 Å². The molecule has 0 bridgehead atoms. The van der Waals surface area contributed by atoms with Gasteiger partial charge in [-0.2, -0.15) is 5.10 Å². The molecule has 2 N–H and O–H groups in total. The highest BCUT2D eigenvalue weighted by atomic mass is 79.9. The van der Waals surface area contributed by atoms with Gasteiger partial charge in [-0.1, -0.05) is 15.9 Å². The Labute approximate surface area is 173 Å². The predicted molar refractivity (Wildman–Crippen MR) is 109 cm³/mol. The van der Waals surface area contributed by atoms with Gasteiger partial charge in [0, 0.05) is 9.86 Å². The number of phenolic OH excluding ortho intramolecular Hbond substituents is 1. The Bertz CT molecular complexity index is 1030. The molecule has 0 aliphatic heterocycles. The molecular weight excluding hydrogens is 536 g/mol. The molecule has 0 fully saturated rings. The lowest BCUT2D eigenvalue weighted by Gasteiger charge is -2.06. The van der Waals surface area contributed by atoms with E-state index < -0.39 is 5.91 Å². The second-order valence-electron chi connectivity index (χ2n) is 5.17. The summed E-state index contributed by atoms with van der Waals surface area (Å²) in [5, 5.41) is 14.5. The number of nitrogens with one attached hydrogen (secondary N) is 1. The normalized spacial score (nSPS) is 11.2. The number of ether oxygens (including phenoxy) is 1. The molecule has 26 heavy (non-hydrogen) atoms. The van der Waals surface area contributed by atoms with Crippen molar-refractivity contribution in [2.45, 2.75) is 0 Å². The van der Waals surface area contributed by atoms with Gasteiger partial charge in [-0.25, -0.2) is 5.43 Å². The van der Waals surface area contributed by atoms with Crippen LogP contribution in [0.25, 0.3) is 11.0 Å². The van der Waals surface area contributed by atoms with Crippen LogP contribution in [0.5, 0.6) is 11.5 Å². The highest BCUT2D eigenvalue weighted by molar-refractivity contribution is 9.11. The minimum Gasteiger partial charge on any atom is -0.503 e. The maximum absolute atomic E-state index is 12.2. The van der Waals surface area contributed by atoms with Gasteiger partial charge in [0.05, 0.1) is 22.3 Å². The van der Waals surface area contributed by atoms with Gasteiger partial charge in [0.15, 0.2) is 17.3 Å². The molecule has 0 radical (unpaired) electrons. The topological polar surface area (TPSA) is 84.1 Å². The van der Waals surface area contributed by atoms with E-state index in [1.807, 2.05) is 12.1 Å². The molecule has 3 rings (SSSR count). The summed E-state index contributed by atoms with van der Waals surface area (Å²) in [6.45, 7) is 0. The summed E-state index contributed by atoms with van der Waals surface area (Å²) in [5.41, 5.74) is 3.61. The van der Waals surface area contributed by atoms with Crippen LogP contribution in [0, 0.1) is 0 Å². The lowest BCUT2D eigenvalue weighted by atomic mass is 10.2. The number of aromatic hydroxyl groups is 1. The molecule has 1 heterocycles. The number of nitrogens with zero attached hydrogens (tertiary/aromatic N) is 1. The Kier molecular flexibility index (Phi) is 5.69. The van der Waals surface area contributed by atoms with Gasteiger partial charge in [-0.15, -0.1) is 0 Å². The van der Waals surface area contributed by atoms with Crippen molar-refractivity contribution in [3.8, 4) is 11.5 Å². The van der Waals surface area contributed by atoms with E-state index in [4.69, 9.17) is 9.15 Å². The number of amides is 1. The van der Waals surface area contributed by atoms with Crippen LogP contribution >= 0.6 is 47.8 Å². The third-order valence-electron chi connectivity index (χ3n) is 3.41. The summed E-state index contributed by atoms with van der Waals surface area (Å²) in [7, 11) is 1.45. The fourth-order valence-corrected chi connectivity index (χ4v) is 4.03. The van der Waals surface area contributed by atoms with E-state index >= 15 is 0 Å². The largest absolute Gasteiger partial charge is 0.503 e. The Morgan fingerprint density at radius 3 is 2.69 bits per heavy atom. The van der Waals surface area contributed by atoms with E-state index in [1.165, 1.54) is 13.3 Å². The van der Waals surface area contributed by atoms with E-state index in [-0.39, 0.29) is 11.5 Å². The predicted octanol–water partition coefficient (Wildman–Crippen LogP) is 5.20. The standard InChI is InChI=1S/C17H11Br3N2O4/c1-25-13-3-8(2-11(19)15(13)23)7-21-22-17(24)14-5-9-4-10(18)6-12(20)16(9)26-14/h2-7,23H,1H3,(H,22,24)/b21-7-. The number of furan rings is 1. The second kappa shape index (κ2) is 7.81. The molecule has 0 saturated carbocycles. The zero-order valence-corrected chi connectivity index (χ0v) is 18.0. The molecule has 0 unspecified atom stereocenters. The highest BCUT2D eigenvalue weighted by Gasteiger charge is 2.14. The van der Waals surface area contributed by atoms with Gasteiger partial charge in [0.2, 0.25) is 0 Å². The Hall–Kier alpha value is -1.84. The highest BCUT2D eigenvalue weighted by Crippen LogP contribution is 2.34. The smallest absolute Gasteiger partial charge is 0.307 e. The van der Waals surface area contributed by atoms with Gasteiger partial charge in [0.25, 0.3) is 0 Å². The van der Waals surface area contributed by atoms with Crippen molar-refractivity contribution in [1.82, 2.24) is 5.43 Å². The lowest BCUT2D eigenvalue weighted by molar-refractivity contribution is 0.0929. The summed E-state index contributed by atoms with van der Waals surface area (Å²) >= 11 is 10.0. The molecule has 1 amide bonds. The van der Waals surface area contributed by atoms with Crippen molar-refractivity contribution in [3.05, 3.63) is 55.1 Å². The summed E-state index contributed by atoms with van der Waals surface area (Å²) in [6.07, 6.45) is 1.43.